The van der Waals surface area contributed by atoms with Gasteiger partial charge in [-0.3, -0.25) is 14.5 Å². The molecule has 0 bridgehead atoms. The number of para-hydroxylation sites is 1. The Kier molecular flexibility index (Phi) is 4.30. The van der Waals surface area contributed by atoms with Crippen molar-refractivity contribution in [3.8, 4) is 0 Å². The largest absolute Gasteiger partial charge is 0.326 e. The highest BCUT2D eigenvalue weighted by Crippen LogP contribution is 2.32. The standard InChI is InChI=1S/C18H23N3O3/c1-11(2)8-14-17(23)20(18(24)19-14)10-16(22)21-12(3)9-13-6-4-5-7-15(13)21/h4-7,11-12,14H,8-10H2,1-3H3,(H,19,24)/t12-,14+/m1/s1. The summed E-state index contributed by atoms with van der Waals surface area (Å²) >= 11 is 0. The highest BCUT2D eigenvalue weighted by molar-refractivity contribution is 6.08. The van der Waals surface area contributed by atoms with Gasteiger partial charge < -0.3 is 10.2 Å². The minimum Gasteiger partial charge on any atom is -0.326 e. The average molecular weight is 329 g/mol. The maximum atomic E-state index is 12.7. The van der Waals surface area contributed by atoms with Gasteiger partial charge in [0.25, 0.3) is 5.91 Å². The number of urea groups is 1. The van der Waals surface area contributed by atoms with Crippen LogP contribution in [0.2, 0.25) is 0 Å². The fourth-order valence-corrected chi connectivity index (χ4v) is 3.51. The van der Waals surface area contributed by atoms with E-state index in [4.69, 9.17) is 0 Å². The summed E-state index contributed by atoms with van der Waals surface area (Å²) in [6, 6.07) is 6.79. The van der Waals surface area contributed by atoms with Crippen molar-refractivity contribution in [2.24, 2.45) is 5.92 Å². The predicted octanol–water partition coefficient (Wildman–Crippen LogP) is 1.93. The molecule has 0 aromatic heterocycles. The molecular weight excluding hydrogens is 306 g/mol. The molecular formula is C18H23N3O3. The Morgan fingerprint density at radius 1 is 1.29 bits per heavy atom. The van der Waals surface area contributed by atoms with Crippen molar-refractivity contribution in [1.82, 2.24) is 10.2 Å². The number of nitrogens with zero attached hydrogens (tertiary/aromatic N) is 2. The first-order chi connectivity index (χ1) is 11.4. The van der Waals surface area contributed by atoms with E-state index >= 15 is 0 Å². The van der Waals surface area contributed by atoms with Gasteiger partial charge in [0.2, 0.25) is 5.91 Å². The Hall–Kier alpha value is -2.37. The smallest absolute Gasteiger partial charge is 0.325 e. The van der Waals surface area contributed by atoms with E-state index in [1.807, 2.05) is 45.0 Å². The molecule has 2 heterocycles. The van der Waals surface area contributed by atoms with Crippen molar-refractivity contribution in [2.75, 3.05) is 11.4 Å². The topological polar surface area (TPSA) is 69.7 Å². The number of carbonyl (C=O) groups is 3. The molecule has 4 amide bonds. The molecule has 1 saturated heterocycles. The molecule has 1 N–H and O–H groups in total. The Balaban J connectivity index is 1.73. The first-order valence-corrected chi connectivity index (χ1v) is 8.40. The van der Waals surface area contributed by atoms with Crippen LogP contribution in [0, 0.1) is 5.92 Å². The minimum atomic E-state index is -0.520. The quantitative estimate of drug-likeness (QED) is 0.858. The summed E-state index contributed by atoms with van der Waals surface area (Å²) < 4.78 is 0. The van der Waals surface area contributed by atoms with E-state index in [0.29, 0.717) is 12.3 Å². The Labute approximate surface area is 141 Å². The van der Waals surface area contributed by atoms with Gasteiger partial charge in [0.05, 0.1) is 0 Å². The summed E-state index contributed by atoms with van der Waals surface area (Å²) in [5.74, 6) is -0.233. The lowest BCUT2D eigenvalue weighted by Gasteiger charge is -2.24. The number of hydrogen-bond acceptors (Lipinski definition) is 3. The zero-order chi connectivity index (χ0) is 17.4. The van der Waals surface area contributed by atoms with Crippen molar-refractivity contribution in [2.45, 2.75) is 45.7 Å². The van der Waals surface area contributed by atoms with Crippen LogP contribution < -0.4 is 10.2 Å². The lowest BCUT2D eigenvalue weighted by molar-refractivity contribution is -0.131. The maximum absolute atomic E-state index is 12.7. The van der Waals surface area contributed by atoms with Crippen LogP contribution in [-0.2, 0) is 16.0 Å². The highest BCUT2D eigenvalue weighted by Gasteiger charge is 2.41. The Morgan fingerprint density at radius 2 is 2.00 bits per heavy atom. The number of carbonyl (C=O) groups excluding carboxylic acids is 3. The molecule has 0 spiro atoms. The summed E-state index contributed by atoms with van der Waals surface area (Å²) in [7, 11) is 0. The highest BCUT2D eigenvalue weighted by atomic mass is 16.2. The fourth-order valence-electron chi connectivity index (χ4n) is 3.51. The van der Waals surface area contributed by atoms with Gasteiger partial charge in [0.15, 0.2) is 0 Å². The molecule has 3 rings (SSSR count). The summed E-state index contributed by atoms with van der Waals surface area (Å²) in [4.78, 5) is 40.0. The van der Waals surface area contributed by atoms with Crippen LogP contribution in [-0.4, -0.2) is 41.4 Å². The molecule has 2 atom stereocenters. The molecule has 1 aromatic rings. The van der Waals surface area contributed by atoms with Crippen molar-refractivity contribution < 1.29 is 14.4 Å². The van der Waals surface area contributed by atoms with Gasteiger partial charge in [-0.25, -0.2) is 4.79 Å². The molecule has 0 radical (unpaired) electrons. The van der Waals surface area contributed by atoms with Crippen LogP contribution in [0.4, 0.5) is 10.5 Å². The number of anilines is 1. The normalized spacial score (nSPS) is 23.0. The van der Waals surface area contributed by atoms with E-state index in [1.54, 1.807) is 4.90 Å². The maximum Gasteiger partial charge on any atom is 0.325 e. The first-order valence-electron chi connectivity index (χ1n) is 8.40. The molecule has 2 aliphatic heterocycles. The number of hydrogen-bond donors (Lipinski definition) is 1. The van der Waals surface area contributed by atoms with Crippen LogP contribution in [0.3, 0.4) is 0 Å². The first kappa shape index (κ1) is 16.5. The van der Waals surface area contributed by atoms with Gasteiger partial charge >= 0.3 is 6.03 Å². The predicted molar refractivity (Wildman–Crippen MR) is 90.6 cm³/mol. The number of benzene rings is 1. The lowest BCUT2D eigenvalue weighted by Crippen LogP contribution is -2.45. The van der Waals surface area contributed by atoms with Gasteiger partial charge in [-0.15, -0.1) is 0 Å². The molecule has 6 nitrogen and oxygen atoms in total. The van der Waals surface area contributed by atoms with E-state index < -0.39 is 12.1 Å². The van der Waals surface area contributed by atoms with Gasteiger partial charge in [-0.05, 0) is 37.3 Å². The second kappa shape index (κ2) is 6.26. The van der Waals surface area contributed by atoms with Gasteiger partial charge in [0.1, 0.15) is 12.6 Å². The summed E-state index contributed by atoms with van der Waals surface area (Å²) in [5, 5.41) is 2.68. The van der Waals surface area contributed by atoms with Crippen molar-refractivity contribution in [3.63, 3.8) is 0 Å². The van der Waals surface area contributed by atoms with Crippen molar-refractivity contribution in [1.29, 1.82) is 0 Å². The van der Waals surface area contributed by atoms with Crippen molar-refractivity contribution >= 4 is 23.5 Å². The summed E-state index contributed by atoms with van der Waals surface area (Å²) in [5.41, 5.74) is 1.99. The number of rotatable bonds is 4. The Bertz CT molecular complexity index is 686. The molecule has 6 heteroatoms. The third kappa shape index (κ3) is 2.88. The molecule has 2 aliphatic rings. The third-order valence-corrected chi connectivity index (χ3v) is 4.58. The number of amides is 4. The van der Waals surface area contributed by atoms with Crippen LogP contribution in [0.25, 0.3) is 0 Å². The average Bonchev–Trinajstić information content (AvgIpc) is 2.97. The third-order valence-electron chi connectivity index (χ3n) is 4.58. The number of fused-ring (bicyclic) bond motifs is 1. The molecule has 0 saturated carbocycles. The SMILES string of the molecule is CC(C)C[C@@H]1NC(=O)N(CC(=O)N2c3ccccc3C[C@H]2C)C1=O. The van der Waals surface area contributed by atoms with E-state index in [2.05, 4.69) is 5.32 Å². The molecule has 24 heavy (non-hydrogen) atoms. The van der Waals surface area contributed by atoms with Crippen LogP contribution in [0.15, 0.2) is 24.3 Å². The second-order valence-corrected chi connectivity index (χ2v) is 7.00. The second-order valence-electron chi connectivity index (χ2n) is 7.00. The van der Waals surface area contributed by atoms with E-state index in [-0.39, 0.29) is 24.4 Å². The van der Waals surface area contributed by atoms with Crippen molar-refractivity contribution in [3.05, 3.63) is 29.8 Å². The monoisotopic (exact) mass is 329 g/mol. The lowest BCUT2D eigenvalue weighted by atomic mass is 10.0. The summed E-state index contributed by atoms with van der Waals surface area (Å²) in [6.45, 7) is 5.76. The molecule has 0 aliphatic carbocycles. The zero-order valence-electron chi connectivity index (χ0n) is 14.3. The minimum absolute atomic E-state index is 0.0297. The van der Waals surface area contributed by atoms with Gasteiger partial charge in [-0.1, -0.05) is 32.0 Å². The molecule has 1 fully saturated rings. The van der Waals surface area contributed by atoms with Crippen LogP contribution >= 0.6 is 0 Å². The summed E-state index contributed by atoms with van der Waals surface area (Å²) in [6.07, 6.45) is 1.37. The van der Waals surface area contributed by atoms with E-state index in [0.717, 1.165) is 22.6 Å². The van der Waals surface area contributed by atoms with Crippen LogP contribution in [0.1, 0.15) is 32.8 Å². The molecule has 0 unspecified atom stereocenters. The van der Waals surface area contributed by atoms with Crippen LogP contribution in [0.5, 0.6) is 0 Å². The number of nitrogens with one attached hydrogen (secondary N) is 1. The van der Waals surface area contributed by atoms with E-state index in [9.17, 15) is 14.4 Å². The van der Waals surface area contributed by atoms with Gasteiger partial charge in [0, 0.05) is 11.7 Å². The molecule has 1 aromatic carbocycles. The number of imide groups is 1. The molecule has 128 valence electrons. The van der Waals surface area contributed by atoms with Gasteiger partial charge in [-0.2, -0.15) is 0 Å². The van der Waals surface area contributed by atoms with E-state index in [1.165, 1.54) is 0 Å². The fraction of sp³-hybridized carbons (Fsp3) is 0.500. The zero-order valence-corrected chi connectivity index (χ0v) is 14.3. The Morgan fingerprint density at radius 3 is 2.71 bits per heavy atom.